The third-order valence-electron chi connectivity index (χ3n) is 2.43. The second kappa shape index (κ2) is 10.7. The summed E-state index contributed by atoms with van der Waals surface area (Å²) in [6, 6.07) is 15.5. The summed E-state index contributed by atoms with van der Waals surface area (Å²) in [6.07, 6.45) is 0. The van der Waals surface area contributed by atoms with Gasteiger partial charge in [-0.15, -0.1) is 0 Å². The molecule has 0 radical (unpaired) electrons. The largest absolute Gasteiger partial charge is 0.506 e. The van der Waals surface area contributed by atoms with Crippen LogP contribution in [-0.4, -0.2) is 21.0 Å². The van der Waals surface area contributed by atoms with E-state index in [0.29, 0.717) is 0 Å². The molecule has 0 aromatic heterocycles. The van der Waals surface area contributed by atoms with Crippen molar-refractivity contribution in [2.24, 2.45) is 17.2 Å². The third kappa shape index (κ3) is 8.93. The van der Waals surface area contributed by atoms with E-state index in [9.17, 15) is 14.9 Å². The summed E-state index contributed by atoms with van der Waals surface area (Å²) in [5.74, 6) is -1.81. The van der Waals surface area contributed by atoms with Crippen LogP contribution in [0, 0.1) is 10.1 Å². The molecule has 2 aromatic carbocycles. The van der Waals surface area contributed by atoms with Gasteiger partial charge in [0.25, 0.3) is 11.6 Å². The molecule has 0 aliphatic carbocycles. The summed E-state index contributed by atoms with van der Waals surface area (Å²) in [7, 11) is 0. The van der Waals surface area contributed by atoms with Gasteiger partial charge in [0.05, 0.1) is 10.6 Å². The molecule has 0 spiro atoms. The SMILES string of the molecule is NC(=O)/C(N)=C(\N)O.Nc1cc([N+](=O)[O-])ccc1O.c1ccccc1. The minimum Gasteiger partial charge on any atom is -0.506 e. The van der Waals surface area contributed by atoms with Crippen molar-refractivity contribution in [3.05, 3.63) is 76.3 Å². The lowest BCUT2D eigenvalue weighted by Crippen LogP contribution is -2.24. The minimum atomic E-state index is -0.926. The molecule has 0 fully saturated rings. The monoisotopic (exact) mass is 349 g/mol. The fourth-order valence-electron chi connectivity index (χ4n) is 1.17. The number of nitrogens with zero attached hydrogens (tertiary/aromatic N) is 1. The summed E-state index contributed by atoms with van der Waals surface area (Å²) in [6.45, 7) is 0. The maximum absolute atomic E-state index is 10.1. The van der Waals surface area contributed by atoms with E-state index in [2.05, 4.69) is 11.5 Å². The maximum Gasteiger partial charge on any atom is 0.271 e. The van der Waals surface area contributed by atoms with Crippen molar-refractivity contribution in [3.8, 4) is 5.75 Å². The molecule has 2 aromatic rings. The minimum absolute atomic E-state index is 0.0131. The number of nitrogens with two attached hydrogens (primary N) is 4. The highest BCUT2D eigenvalue weighted by Gasteiger charge is 2.06. The quantitative estimate of drug-likeness (QED) is 0.113. The van der Waals surface area contributed by atoms with Gasteiger partial charge in [-0.3, -0.25) is 14.9 Å². The molecule has 0 bridgehead atoms. The van der Waals surface area contributed by atoms with Gasteiger partial charge in [-0.25, -0.2) is 0 Å². The van der Waals surface area contributed by atoms with E-state index >= 15 is 0 Å². The van der Waals surface area contributed by atoms with Gasteiger partial charge >= 0.3 is 0 Å². The lowest BCUT2D eigenvalue weighted by molar-refractivity contribution is -0.384. The molecule has 0 saturated heterocycles. The number of aliphatic hydroxyl groups excluding tert-OH is 1. The molecule has 0 aliphatic rings. The van der Waals surface area contributed by atoms with Crippen molar-refractivity contribution in [1.29, 1.82) is 0 Å². The first-order chi connectivity index (χ1) is 11.7. The van der Waals surface area contributed by atoms with Crippen LogP contribution in [0.1, 0.15) is 0 Å². The van der Waals surface area contributed by atoms with Crippen molar-refractivity contribution in [2.75, 3.05) is 5.73 Å². The summed E-state index contributed by atoms with van der Waals surface area (Å²) in [5.41, 5.74) is 18.6. The van der Waals surface area contributed by atoms with Gasteiger partial charge in [0, 0.05) is 12.1 Å². The average Bonchev–Trinajstić information content (AvgIpc) is 2.59. The summed E-state index contributed by atoms with van der Waals surface area (Å²) in [4.78, 5) is 19.5. The van der Waals surface area contributed by atoms with Gasteiger partial charge in [0.2, 0.25) is 5.88 Å². The lowest BCUT2D eigenvalue weighted by Gasteiger charge is -1.96. The van der Waals surface area contributed by atoms with Crippen molar-refractivity contribution >= 4 is 17.3 Å². The highest BCUT2D eigenvalue weighted by molar-refractivity contribution is 5.91. The van der Waals surface area contributed by atoms with Crippen LogP contribution in [-0.2, 0) is 4.79 Å². The van der Waals surface area contributed by atoms with E-state index in [0.717, 1.165) is 6.07 Å². The number of amides is 1. The Kier molecular flexibility index (Phi) is 9.03. The van der Waals surface area contributed by atoms with Gasteiger partial charge in [-0.1, -0.05) is 36.4 Å². The van der Waals surface area contributed by atoms with E-state index in [1.54, 1.807) is 0 Å². The van der Waals surface area contributed by atoms with Gasteiger partial charge in [-0.05, 0) is 6.07 Å². The number of hydrogen-bond acceptors (Lipinski definition) is 8. The molecule has 134 valence electrons. The zero-order chi connectivity index (χ0) is 19.4. The Morgan fingerprint density at radius 3 is 1.68 bits per heavy atom. The topological polar surface area (TPSA) is 205 Å². The molecule has 0 atom stereocenters. The standard InChI is InChI=1S/C6H6N2O3.C6H6.C3H7N3O2/c7-5-3-4(8(10)11)1-2-6(5)9;1-2-4-6-5-3-1;4-1(2(5)7)3(6)8/h1-3,9H,7H2;1-6H;7H,4-5H2,(H2,6,8)/b;;2-1-. The normalized spacial score (nSPS) is 10.1. The zero-order valence-corrected chi connectivity index (χ0v) is 13.1. The number of non-ortho nitro benzene ring substituents is 1. The van der Waals surface area contributed by atoms with Crippen LogP contribution in [0.4, 0.5) is 11.4 Å². The highest BCUT2D eigenvalue weighted by Crippen LogP contribution is 2.24. The zero-order valence-electron chi connectivity index (χ0n) is 13.1. The number of benzene rings is 2. The second-order valence-electron chi connectivity index (χ2n) is 4.32. The van der Waals surface area contributed by atoms with Crippen LogP contribution in [0.5, 0.6) is 5.75 Å². The average molecular weight is 349 g/mol. The fourth-order valence-corrected chi connectivity index (χ4v) is 1.17. The van der Waals surface area contributed by atoms with Crippen LogP contribution in [0.15, 0.2) is 66.2 Å². The molecule has 25 heavy (non-hydrogen) atoms. The van der Waals surface area contributed by atoms with E-state index in [-0.39, 0.29) is 17.1 Å². The number of rotatable bonds is 2. The molecule has 10 heteroatoms. The first-order valence-electron chi connectivity index (χ1n) is 6.63. The van der Waals surface area contributed by atoms with Crippen LogP contribution < -0.4 is 22.9 Å². The molecule has 0 saturated carbocycles. The molecule has 0 heterocycles. The second-order valence-corrected chi connectivity index (χ2v) is 4.32. The van der Waals surface area contributed by atoms with Crippen molar-refractivity contribution in [2.45, 2.75) is 0 Å². The number of phenols is 1. The Labute approximate surface area is 143 Å². The first-order valence-corrected chi connectivity index (χ1v) is 6.63. The Bertz CT molecular complexity index is 704. The van der Waals surface area contributed by atoms with Gasteiger partial charge in [0.15, 0.2) is 5.70 Å². The van der Waals surface area contributed by atoms with Crippen molar-refractivity contribution in [1.82, 2.24) is 0 Å². The predicted octanol–water partition coefficient (Wildman–Crippen LogP) is 0.685. The molecular weight excluding hydrogens is 330 g/mol. The Hall–Kier alpha value is -3.95. The highest BCUT2D eigenvalue weighted by atomic mass is 16.6. The van der Waals surface area contributed by atoms with Gasteiger partial charge in [0.1, 0.15) is 5.75 Å². The molecule has 10 nitrogen and oxygen atoms in total. The molecule has 2 rings (SSSR count). The number of carbonyl (C=O) groups excluding carboxylic acids is 1. The van der Waals surface area contributed by atoms with Crippen LogP contribution in [0.2, 0.25) is 0 Å². The summed E-state index contributed by atoms with van der Waals surface area (Å²) in [5, 5.41) is 27.2. The number of hydrogen-bond donors (Lipinski definition) is 6. The third-order valence-corrected chi connectivity index (χ3v) is 2.43. The van der Waals surface area contributed by atoms with Crippen LogP contribution >= 0.6 is 0 Å². The number of aliphatic hydroxyl groups is 1. The Morgan fingerprint density at radius 1 is 1.00 bits per heavy atom. The molecule has 10 N–H and O–H groups in total. The van der Waals surface area contributed by atoms with Crippen molar-refractivity contribution < 1.29 is 19.9 Å². The number of primary amides is 1. The van der Waals surface area contributed by atoms with E-state index in [1.165, 1.54) is 12.1 Å². The number of nitro groups is 1. The Balaban J connectivity index is 0.000000363. The van der Waals surface area contributed by atoms with E-state index in [4.69, 9.17) is 21.7 Å². The van der Waals surface area contributed by atoms with Gasteiger partial charge in [-0.2, -0.15) is 0 Å². The number of anilines is 1. The molecule has 0 unspecified atom stereocenters. The van der Waals surface area contributed by atoms with Crippen molar-refractivity contribution in [3.63, 3.8) is 0 Å². The van der Waals surface area contributed by atoms with Gasteiger partial charge < -0.3 is 33.1 Å². The van der Waals surface area contributed by atoms with Crippen LogP contribution in [0.3, 0.4) is 0 Å². The maximum atomic E-state index is 10.1. The fraction of sp³-hybridized carbons (Fsp3) is 0. The molecular formula is C15H19N5O5. The first kappa shape index (κ1) is 21.0. The number of aromatic hydroxyl groups is 1. The summed E-state index contributed by atoms with van der Waals surface area (Å²) >= 11 is 0. The molecule has 0 aliphatic heterocycles. The summed E-state index contributed by atoms with van der Waals surface area (Å²) < 4.78 is 0. The predicted molar refractivity (Wildman–Crippen MR) is 92.8 cm³/mol. The number of phenolic OH excluding ortho intramolecular Hbond substituents is 1. The lowest BCUT2D eigenvalue weighted by atomic mass is 10.2. The number of nitrogen functional groups attached to an aromatic ring is 1. The molecule has 1 amide bonds. The van der Waals surface area contributed by atoms with E-state index in [1.807, 2.05) is 36.4 Å². The Morgan fingerprint density at radius 2 is 1.44 bits per heavy atom. The number of nitro benzene ring substituents is 1. The number of carbonyl (C=O) groups is 1. The van der Waals surface area contributed by atoms with Crippen LogP contribution in [0.25, 0.3) is 0 Å². The van der Waals surface area contributed by atoms with E-state index < -0.39 is 22.4 Å². The smallest absolute Gasteiger partial charge is 0.271 e.